The van der Waals surface area contributed by atoms with Crippen LogP contribution in [0.4, 0.5) is 5.69 Å². The van der Waals surface area contributed by atoms with Gasteiger partial charge in [0.1, 0.15) is 6.04 Å². The van der Waals surface area contributed by atoms with E-state index in [0.717, 1.165) is 29.4 Å². The Kier molecular flexibility index (Phi) is 11.1. The summed E-state index contributed by atoms with van der Waals surface area (Å²) in [6, 6.07) is 10.00. The Morgan fingerprint density at radius 3 is 2.36 bits per heavy atom. The molecule has 0 radical (unpaired) electrons. The van der Waals surface area contributed by atoms with Gasteiger partial charge in [0.2, 0.25) is 21.8 Å². The standard InChI is InChI=1S/C26H35Cl2N3O4S/c1-6-13-29-26(33)20(4)30(17-21-11-12-22(27)23(28)16-21)25(32)8-7-14-31(36(5,34)35)24-15-18(2)9-10-19(24)3/h9-12,15-16,20H,6-8,13-14,17H2,1-5H3,(H,29,33). The molecule has 0 aliphatic carbocycles. The summed E-state index contributed by atoms with van der Waals surface area (Å²) in [6.07, 6.45) is 2.30. The summed E-state index contributed by atoms with van der Waals surface area (Å²) in [4.78, 5) is 27.5. The minimum Gasteiger partial charge on any atom is -0.354 e. The molecule has 1 unspecified atom stereocenters. The highest BCUT2D eigenvalue weighted by atomic mass is 35.5. The number of hydrogen-bond donors (Lipinski definition) is 1. The van der Waals surface area contributed by atoms with Crippen molar-refractivity contribution in [1.82, 2.24) is 10.2 Å². The van der Waals surface area contributed by atoms with Crippen LogP contribution in [0.25, 0.3) is 0 Å². The highest BCUT2D eigenvalue weighted by molar-refractivity contribution is 7.92. The van der Waals surface area contributed by atoms with Crippen LogP contribution in [0.5, 0.6) is 0 Å². The first kappa shape index (κ1) is 29.9. The van der Waals surface area contributed by atoms with E-state index in [4.69, 9.17) is 23.2 Å². The number of anilines is 1. The Bertz CT molecular complexity index is 1190. The van der Waals surface area contributed by atoms with Gasteiger partial charge in [-0.3, -0.25) is 13.9 Å². The van der Waals surface area contributed by atoms with Crippen LogP contribution >= 0.6 is 23.2 Å². The van der Waals surface area contributed by atoms with Gasteiger partial charge < -0.3 is 10.2 Å². The molecule has 0 aliphatic rings. The quantitative estimate of drug-likeness (QED) is 0.394. The Morgan fingerprint density at radius 2 is 1.75 bits per heavy atom. The number of halogens is 2. The van der Waals surface area contributed by atoms with Crippen molar-refractivity contribution in [3.63, 3.8) is 0 Å². The largest absolute Gasteiger partial charge is 0.354 e. The van der Waals surface area contributed by atoms with E-state index < -0.39 is 16.1 Å². The molecule has 36 heavy (non-hydrogen) atoms. The van der Waals surface area contributed by atoms with Crippen LogP contribution in [0.2, 0.25) is 10.0 Å². The third-order valence-electron chi connectivity index (χ3n) is 5.84. The number of carbonyl (C=O) groups is 2. The normalized spacial score (nSPS) is 12.2. The molecule has 0 aliphatic heterocycles. The van der Waals surface area contributed by atoms with Crippen LogP contribution < -0.4 is 9.62 Å². The average Bonchev–Trinajstić information content (AvgIpc) is 2.81. The van der Waals surface area contributed by atoms with Gasteiger partial charge in [0, 0.05) is 26.1 Å². The molecular formula is C26H35Cl2N3O4S. The maximum Gasteiger partial charge on any atom is 0.242 e. The lowest BCUT2D eigenvalue weighted by atomic mass is 10.1. The molecule has 10 heteroatoms. The van der Waals surface area contributed by atoms with Gasteiger partial charge in [-0.25, -0.2) is 8.42 Å². The Morgan fingerprint density at radius 1 is 1.06 bits per heavy atom. The minimum absolute atomic E-state index is 0.0730. The third-order valence-corrected chi connectivity index (χ3v) is 7.76. The summed E-state index contributed by atoms with van der Waals surface area (Å²) in [7, 11) is -3.56. The second-order valence-corrected chi connectivity index (χ2v) is 11.7. The fourth-order valence-corrected chi connectivity index (χ4v) is 5.12. The Hall–Kier alpha value is -2.29. The van der Waals surface area contributed by atoms with E-state index in [9.17, 15) is 18.0 Å². The molecule has 0 heterocycles. The Balaban J connectivity index is 2.21. The molecule has 1 N–H and O–H groups in total. The first-order valence-electron chi connectivity index (χ1n) is 11.9. The maximum absolute atomic E-state index is 13.3. The number of rotatable bonds is 12. The monoisotopic (exact) mass is 555 g/mol. The number of aryl methyl sites for hydroxylation is 2. The van der Waals surface area contributed by atoms with Gasteiger partial charge in [-0.15, -0.1) is 0 Å². The molecule has 198 valence electrons. The van der Waals surface area contributed by atoms with Crippen molar-refractivity contribution in [2.24, 2.45) is 0 Å². The zero-order valence-corrected chi connectivity index (χ0v) is 23.8. The van der Waals surface area contributed by atoms with Crippen LogP contribution in [0.1, 0.15) is 49.8 Å². The molecular weight excluding hydrogens is 521 g/mol. The van der Waals surface area contributed by atoms with E-state index in [-0.39, 0.29) is 31.3 Å². The van der Waals surface area contributed by atoms with E-state index in [0.29, 0.717) is 28.7 Å². The molecule has 0 saturated carbocycles. The fourth-order valence-electron chi connectivity index (χ4n) is 3.78. The predicted octanol–water partition coefficient (Wildman–Crippen LogP) is 5.10. The molecule has 1 atom stereocenters. The van der Waals surface area contributed by atoms with E-state index in [1.165, 1.54) is 9.21 Å². The zero-order valence-electron chi connectivity index (χ0n) is 21.5. The van der Waals surface area contributed by atoms with Crippen molar-refractivity contribution in [3.8, 4) is 0 Å². The van der Waals surface area contributed by atoms with Crippen LogP contribution in [0.15, 0.2) is 36.4 Å². The van der Waals surface area contributed by atoms with E-state index in [1.54, 1.807) is 25.1 Å². The Labute approximate surface area is 224 Å². The van der Waals surface area contributed by atoms with Crippen molar-refractivity contribution < 1.29 is 18.0 Å². The second kappa shape index (κ2) is 13.3. The lowest BCUT2D eigenvalue weighted by Gasteiger charge is -2.29. The molecule has 0 aromatic heterocycles. The third kappa shape index (κ3) is 8.39. The van der Waals surface area contributed by atoms with Crippen molar-refractivity contribution in [2.45, 2.75) is 59.5 Å². The van der Waals surface area contributed by atoms with Crippen LogP contribution in [0.3, 0.4) is 0 Å². The molecule has 0 fully saturated rings. The summed E-state index contributed by atoms with van der Waals surface area (Å²) in [5.41, 5.74) is 3.12. The zero-order chi connectivity index (χ0) is 27.0. The highest BCUT2D eigenvalue weighted by Gasteiger charge is 2.27. The summed E-state index contributed by atoms with van der Waals surface area (Å²) < 4.78 is 26.5. The lowest BCUT2D eigenvalue weighted by Crippen LogP contribution is -2.47. The number of carbonyl (C=O) groups excluding carboxylic acids is 2. The molecule has 2 aromatic rings. The molecule has 0 saturated heterocycles. The van der Waals surface area contributed by atoms with Gasteiger partial charge in [-0.2, -0.15) is 0 Å². The van der Waals surface area contributed by atoms with Crippen LogP contribution in [0, 0.1) is 13.8 Å². The summed E-state index contributed by atoms with van der Waals surface area (Å²) in [5, 5.41) is 3.60. The van der Waals surface area contributed by atoms with Crippen molar-refractivity contribution in [1.29, 1.82) is 0 Å². The van der Waals surface area contributed by atoms with Gasteiger partial charge in [-0.1, -0.05) is 48.3 Å². The smallest absolute Gasteiger partial charge is 0.242 e. The first-order valence-corrected chi connectivity index (χ1v) is 14.5. The van der Waals surface area contributed by atoms with Crippen molar-refractivity contribution in [3.05, 3.63) is 63.1 Å². The van der Waals surface area contributed by atoms with Crippen molar-refractivity contribution in [2.75, 3.05) is 23.7 Å². The van der Waals surface area contributed by atoms with E-state index in [1.807, 2.05) is 39.0 Å². The average molecular weight is 557 g/mol. The van der Waals surface area contributed by atoms with E-state index >= 15 is 0 Å². The summed E-state index contributed by atoms with van der Waals surface area (Å²) in [6.45, 7) is 8.21. The molecule has 0 spiro atoms. The van der Waals surface area contributed by atoms with E-state index in [2.05, 4.69) is 5.32 Å². The van der Waals surface area contributed by atoms with Gasteiger partial charge in [0.15, 0.2) is 0 Å². The number of sulfonamides is 1. The maximum atomic E-state index is 13.3. The first-order chi connectivity index (χ1) is 16.8. The predicted molar refractivity (Wildman–Crippen MR) is 147 cm³/mol. The van der Waals surface area contributed by atoms with Gasteiger partial charge >= 0.3 is 0 Å². The SMILES string of the molecule is CCCNC(=O)C(C)N(Cc1ccc(Cl)c(Cl)c1)C(=O)CCCN(c1cc(C)ccc1C)S(C)(=O)=O. The highest BCUT2D eigenvalue weighted by Crippen LogP contribution is 2.26. The second-order valence-electron chi connectivity index (χ2n) is 8.97. The molecule has 7 nitrogen and oxygen atoms in total. The summed E-state index contributed by atoms with van der Waals surface area (Å²) >= 11 is 12.2. The fraction of sp³-hybridized carbons (Fsp3) is 0.462. The molecule has 2 amide bonds. The summed E-state index contributed by atoms with van der Waals surface area (Å²) in [5.74, 6) is -0.506. The van der Waals surface area contributed by atoms with Crippen molar-refractivity contribution >= 4 is 50.7 Å². The molecule has 2 rings (SSSR count). The van der Waals surface area contributed by atoms with Crippen LogP contribution in [-0.2, 0) is 26.2 Å². The number of hydrogen-bond acceptors (Lipinski definition) is 4. The van der Waals surface area contributed by atoms with Crippen LogP contribution in [-0.4, -0.2) is 50.5 Å². The molecule has 2 aromatic carbocycles. The molecule has 0 bridgehead atoms. The number of benzene rings is 2. The number of nitrogens with one attached hydrogen (secondary N) is 1. The van der Waals surface area contributed by atoms with Gasteiger partial charge in [0.05, 0.1) is 22.0 Å². The van der Waals surface area contributed by atoms with Gasteiger partial charge in [0.25, 0.3) is 0 Å². The number of nitrogens with zero attached hydrogens (tertiary/aromatic N) is 2. The minimum atomic E-state index is -3.56. The number of amides is 2. The lowest BCUT2D eigenvalue weighted by molar-refractivity contribution is -0.140. The van der Waals surface area contributed by atoms with Gasteiger partial charge in [-0.05, 0) is 68.5 Å². The topological polar surface area (TPSA) is 86.8 Å².